The summed E-state index contributed by atoms with van der Waals surface area (Å²) in [5.74, 6) is 4.75. The third-order valence-electron chi connectivity index (χ3n) is 8.25. The molecule has 1 aliphatic rings. The summed E-state index contributed by atoms with van der Waals surface area (Å²) in [5, 5.41) is 0. The van der Waals surface area contributed by atoms with Crippen molar-refractivity contribution >= 4 is 0 Å². The van der Waals surface area contributed by atoms with Crippen LogP contribution in [0.15, 0.2) is 0 Å². The summed E-state index contributed by atoms with van der Waals surface area (Å²) in [6.45, 7) is 24.9. The average Bonchev–Trinajstić information content (AvgIpc) is 2.74. The van der Waals surface area contributed by atoms with Crippen LogP contribution in [0.25, 0.3) is 0 Å². The quantitative estimate of drug-likeness (QED) is 0.276. The molecule has 0 fully saturated rings. The fourth-order valence-corrected chi connectivity index (χ4v) is 5.72. The first-order valence-corrected chi connectivity index (χ1v) is 14.7. The van der Waals surface area contributed by atoms with Gasteiger partial charge in [0.2, 0.25) is 0 Å². The Morgan fingerprint density at radius 1 is 0.800 bits per heavy atom. The van der Waals surface area contributed by atoms with Crippen molar-refractivity contribution in [2.45, 2.75) is 158 Å². The van der Waals surface area contributed by atoms with E-state index in [2.05, 4.69) is 76.2 Å². The van der Waals surface area contributed by atoms with Crippen molar-refractivity contribution in [1.82, 2.24) is 0 Å². The van der Waals surface area contributed by atoms with Gasteiger partial charge in [-0.15, -0.1) is 0 Å². The van der Waals surface area contributed by atoms with Crippen molar-refractivity contribution in [2.75, 3.05) is 0 Å². The molecule has 0 spiro atoms. The van der Waals surface area contributed by atoms with Crippen LogP contribution in [0.1, 0.15) is 142 Å². The lowest BCUT2D eigenvalue weighted by Gasteiger charge is -2.39. The largest absolute Gasteiger partial charge is 0.488 e. The standard InChI is InChI=1S/C33H58O2/c1-23(2)15-12-16-24(3)17-13-18-25(4)19-14-21-33(11)22-20-29-28(7)30(34-32(8,9)10)26(5)27(6)31(29)35-33/h23-25H,12-22H2,1-11H3/t24?,25?,33-/m1/s1. The number of hydrogen-bond acceptors (Lipinski definition) is 2. The Bertz CT molecular complexity index is 801. The summed E-state index contributed by atoms with van der Waals surface area (Å²) in [4.78, 5) is 0. The molecule has 1 heterocycles. The molecule has 2 heteroatoms. The van der Waals surface area contributed by atoms with E-state index in [1.165, 1.54) is 73.6 Å². The number of fused-ring (bicyclic) bond motifs is 1. The van der Waals surface area contributed by atoms with Crippen molar-refractivity contribution in [3.8, 4) is 11.5 Å². The maximum Gasteiger partial charge on any atom is 0.127 e. The highest BCUT2D eigenvalue weighted by atomic mass is 16.5. The van der Waals surface area contributed by atoms with E-state index in [0.29, 0.717) is 0 Å². The second-order valence-electron chi connectivity index (χ2n) is 13.6. The minimum atomic E-state index is -0.192. The fraction of sp³-hybridized carbons (Fsp3) is 0.818. The predicted molar refractivity (Wildman–Crippen MR) is 153 cm³/mol. The summed E-state index contributed by atoms with van der Waals surface area (Å²) in [5.41, 5.74) is 4.88. The number of hydrogen-bond donors (Lipinski definition) is 0. The molecule has 0 aromatic heterocycles. The summed E-state index contributed by atoms with van der Waals surface area (Å²) in [6.07, 6.45) is 14.3. The molecule has 2 unspecified atom stereocenters. The Labute approximate surface area is 219 Å². The molecule has 0 saturated carbocycles. The van der Waals surface area contributed by atoms with Crippen molar-refractivity contribution in [1.29, 1.82) is 0 Å². The van der Waals surface area contributed by atoms with Gasteiger partial charge in [0.05, 0.1) is 0 Å². The minimum Gasteiger partial charge on any atom is -0.488 e. The predicted octanol–water partition coefficient (Wildman–Crippen LogP) is 10.3. The van der Waals surface area contributed by atoms with E-state index in [0.717, 1.165) is 48.5 Å². The Hall–Kier alpha value is -1.18. The fourth-order valence-electron chi connectivity index (χ4n) is 5.72. The highest BCUT2D eigenvalue weighted by Gasteiger charge is 2.35. The van der Waals surface area contributed by atoms with Gasteiger partial charge < -0.3 is 9.47 Å². The molecule has 1 aliphatic heterocycles. The summed E-state index contributed by atoms with van der Waals surface area (Å²) >= 11 is 0. The molecule has 3 atom stereocenters. The Morgan fingerprint density at radius 2 is 1.34 bits per heavy atom. The van der Waals surface area contributed by atoms with E-state index in [1.807, 2.05) is 0 Å². The highest BCUT2D eigenvalue weighted by molar-refractivity contribution is 5.59. The smallest absolute Gasteiger partial charge is 0.127 e. The van der Waals surface area contributed by atoms with Crippen LogP contribution in [-0.2, 0) is 6.42 Å². The lowest BCUT2D eigenvalue weighted by Crippen LogP contribution is -2.37. The Morgan fingerprint density at radius 3 is 1.89 bits per heavy atom. The molecule has 2 rings (SSSR count). The Balaban J connectivity index is 1.85. The van der Waals surface area contributed by atoms with E-state index < -0.39 is 0 Å². The zero-order chi connectivity index (χ0) is 26.4. The molecule has 202 valence electrons. The van der Waals surface area contributed by atoms with Gasteiger partial charge in [0.25, 0.3) is 0 Å². The van der Waals surface area contributed by atoms with Crippen molar-refractivity contribution < 1.29 is 9.47 Å². The van der Waals surface area contributed by atoms with Crippen LogP contribution in [0.3, 0.4) is 0 Å². The molecule has 0 radical (unpaired) electrons. The van der Waals surface area contributed by atoms with Gasteiger partial charge in [-0.05, 0) is 109 Å². The van der Waals surface area contributed by atoms with Crippen LogP contribution in [0, 0.1) is 38.5 Å². The molecule has 2 nitrogen and oxygen atoms in total. The highest BCUT2D eigenvalue weighted by Crippen LogP contribution is 2.45. The van der Waals surface area contributed by atoms with E-state index in [9.17, 15) is 0 Å². The maximum atomic E-state index is 6.79. The maximum absolute atomic E-state index is 6.79. The van der Waals surface area contributed by atoms with Crippen LogP contribution in [0.4, 0.5) is 0 Å². The molecular formula is C33H58O2. The molecule has 0 aliphatic carbocycles. The van der Waals surface area contributed by atoms with Gasteiger partial charge in [0.1, 0.15) is 22.7 Å². The van der Waals surface area contributed by atoms with Crippen molar-refractivity contribution in [2.24, 2.45) is 17.8 Å². The first-order chi connectivity index (χ1) is 16.2. The molecule has 0 bridgehead atoms. The summed E-state index contributed by atoms with van der Waals surface area (Å²) < 4.78 is 13.2. The number of rotatable bonds is 13. The second-order valence-corrected chi connectivity index (χ2v) is 13.6. The van der Waals surface area contributed by atoms with Crippen LogP contribution in [0.2, 0.25) is 0 Å². The molecule has 1 aromatic rings. The van der Waals surface area contributed by atoms with E-state index in [4.69, 9.17) is 9.47 Å². The average molecular weight is 487 g/mol. The third kappa shape index (κ3) is 9.32. The van der Waals surface area contributed by atoms with Gasteiger partial charge in [0.15, 0.2) is 0 Å². The molecule has 0 N–H and O–H groups in total. The van der Waals surface area contributed by atoms with Gasteiger partial charge in [0, 0.05) is 5.56 Å². The monoisotopic (exact) mass is 486 g/mol. The normalized spacial score (nSPS) is 19.9. The topological polar surface area (TPSA) is 18.5 Å². The third-order valence-corrected chi connectivity index (χ3v) is 8.25. The minimum absolute atomic E-state index is 0.0479. The van der Waals surface area contributed by atoms with Gasteiger partial charge in [-0.1, -0.05) is 72.6 Å². The molecule has 35 heavy (non-hydrogen) atoms. The van der Waals surface area contributed by atoms with Crippen molar-refractivity contribution in [3.05, 3.63) is 22.3 Å². The summed E-state index contributed by atoms with van der Waals surface area (Å²) in [6, 6.07) is 0. The molecule has 0 amide bonds. The lowest BCUT2D eigenvalue weighted by molar-refractivity contribution is 0.0506. The van der Waals surface area contributed by atoms with Crippen molar-refractivity contribution in [3.63, 3.8) is 0 Å². The first kappa shape index (κ1) is 30.0. The molecule has 0 saturated heterocycles. The Kier molecular flexibility index (Phi) is 11.0. The van der Waals surface area contributed by atoms with Crippen LogP contribution < -0.4 is 9.47 Å². The van der Waals surface area contributed by atoms with E-state index in [1.54, 1.807) is 0 Å². The van der Waals surface area contributed by atoms with Gasteiger partial charge >= 0.3 is 0 Å². The zero-order valence-corrected chi connectivity index (χ0v) is 25.3. The van der Waals surface area contributed by atoms with Crippen LogP contribution >= 0.6 is 0 Å². The van der Waals surface area contributed by atoms with E-state index in [-0.39, 0.29) is 11.2 Å². The summed E-state index contributed by atoms with van der Waals surface area (Å²) in [7, 11) is 0. The van der Waals surface area contributed by atoms with Gasteiger partial charge in [-0.2, -0.15) is 0 Å². The number of benzene rings is 1. The molecular weight excluding hydrogens is 428 g/mol. The molecule has 1 aromatic carbocycles. The van der Waals surface area contributed by atoms with Crippen LogP contribution in [-0.4, -0.2) is 11.2 Å². The van der Waals surface area contributed by atoms with Gasteiger partial charge in [-0.3, -0.25) is 0 Å². The lowest BCUT2D eigenvalue weighted by atomic mass is 9.83. The first-order valence-electron chi connectivity index (χ1n) is 14.7. The number of ether oxygens (including phenoxy) is 2. The van der Waals surface area contributed by atoms with Crippen LogP contribution in [0.5, 0.6) is 11.5 Å². The SMILES string of the molecule is Cc1c(C)c2c(c(C)c1OC(C)(C)C)CC[C@@](C)(CCCC(C)CCCC(C)CCCC(C)C)O2. The zero-order valence-electron chi connectivity index (χ0n) is 25.3. The second kappa shape index (κ2) is 12.9. The van der Waals surface area contributed by atoms with E-state index >= 15 is 0 Å². The van der Waals surface area contributed by atoms with Gasteiger partial charge in [-0.25, -0.2) is 0 Å².